The molecule has 2 rings (SSSR count). The van der Waals surface area contributed by atoms with Crippen molar-refractivity contribution in [2.45, 2.75) is 46.3 Å². The molecule has 2 saturated heterocycles. The summed E-state index contributed by atoms with van der Waals surface area (Å²) in [6.07, 6.45) is 2.57. The van der Waals surface area contributed by atoms with Crippen LogP contribution in [0.1, 0.15) is 40.5 Å². The molecule has 88 valence electrons. The molecule has 5 unspecified atom stereocenters. The van der Waals surface area contributed by atoms with Crippen LogP contribution in [0.25, 0.3) is 0 Å². The van der Waals surface area contributed by atoms with Gasteiger partial charge in [0, 0.05) is 5.92 Å². The molecule has 0 aliphatic carbocycles. The van der Waals surface area contributed by atoms with Crippen molar-refractivity contribution in [1.82, 2.24) is 0 Å². The van der Waals surface area contributed by atoms with Gasteiger partial charge < -0.3 is 9.47 Å². The van der Waals surface area contributed by atoms with Gasteiger partial charge in [-0.3, -0.25) is 0 Å². The van der Waals surface area contributed by atoms with Crippen LogP contribution in [0.2, 0.25) is 0 Å². The molecule has 0 aromatic heterocycles. The zero-order valence-corrected chi connectivity index (χ0v) is 10.5. The normalized spacial score (nSPS) is 46.8. The summed E-state index contributed by atoms with van der Waals surface area (Å²) in [4.78, 5) is 0. The molecule has 0 aromatic rings. The molecule has 2 fully saturated rings. The number of hydrogen-bond acceptors (Lipinski definition) is 2. The topological polar surface area (TPSA) is 18.5 Å². The summed E-state index contributed by atoms with van der Waals surface area (Å²) in [6, 6.07) is 0. The van der Waals surface area contributed by atoms with E-state index in [-0.39, 0.29) is 5.79 Å². The molecule has 2 aliphatic heterocycles. The number of hydrogen-bond donors (Lipinski definition) is 0. The molecule has 0 saturated carbocycles. The Kier molecular flexibility index (Phi) is 3.09. The van der Waals surface area contributed by atoms with Crippen LogP contribution in [0, 0.1) is 23.7 Å². The summed E-state index contributed by atoms with van der Waals surface area (Å²) in [5.74, 6) is 2.52. The summed E-state index contributed by atoms with van der Waals surface area (Å²) < 4.78 is 11.7. The van der Waals surface area contributed by atoms with E-state index < -0.39 is 0 Å². The van der Waals surface area contributed by atoms with E-state index in [1.807, 2.05) is 0 Å². The molecule has 0 aromatic carbocycles. The first kappa shape index (κ1) is 11.4. The second-order valence-electron chi connectivity index (χ2n) is 5.60. The van der Waals surface area contributed by atoms with Crippen LogP contribution in [-0.2, 0) is 9.47 Å². The highest BCUT2D eigenvalue weighted by Gasteiger charge is 2.51. The van der Waals surface area contributed by atoms with Crippen LogP contribution in [-0.4, -0.2) is 19.0 Å². The van der Waals surface area contributed by atoms with E-state index >= 15 is 0 Å². The predicted octanol–water partition coefficient (Wildman–Crippen LogP) is 3.07. The molecule has 0 radical (unpaired) electrons. The summed E-state index contributed by atoms with van der Waals surface area (Å²) in [7, 11) is 0. The number of ether oxygens (including phenoxy) is 2. The Morgan fingerprint density at radius 1 is 1.33 bits per heavy atom. The minimum absolute atomic E-state index is 0.281. The third-order valence-electron chi connectivity index (χ3n) is 4.62. The molecule has 0 spiro atoms. The third-order valence-corrected chi connectivity index (χ3v) is 4.62. The maximum absolute atomic E-state index is 5.90. The first-order valence-corrected chi connectivity index (χ1v) is 6.34. The zero-order chi connectivity index (χ0) is 11.1. The fourth-order valence-electron chi connectivity index (χ4n) is 2.97. The smallest absolute Gasteiger partial charge is 0.168 e. The minimum Gasteiger partial charge on any atom is -0.350 e. The van der Waals surface area contributed by atoms with Gasteiger partial charge in [0.1, 0.15) is 0 Å². The zero-order valence-electron chi connectivity index (χ0n) is 10.5. The molecule has 2 aliphatic rings. The van der Waals surface area contributed by atoms with E-state index in [2.05, 4.69) is 27.7 Å². The lowest BCUT2D eigenvalue weighted by Gasteiger charge is -2.39. The van der Waals surface area contributed by atoms with Crippen LogP contribution < -0.4 is 0 Å². The van der Waals surface area contributed by atoms with Gasteiger partial charge in [0.15, 0.2) is 5.79 Å². The maximum atomic E-state index is 5.90. The average Bonchev–Trinajstić information content (AvgIpc) is 2.42. The van der Waals surface area contributed by atoms with Crippen LogP contribution in [0.15, 0.2) is 0 Å². The molecule has 5 atom stereocenters. The average molecular weight is 212 g/mol. The first-order valence-electron chi connectivity index (χ1n) is 6.34. The second-order valence-corrected chi connectivity index (χ2v) is 5.60. The minimum atomic E-state index is -0.281. The third kappa shape index (κ3) is 1.94. The van der Waals surface area contributed by atoms with Crippen molar-refractivity contribution in [1.29, 1.82) is 0 Å². The van der Waals surface area contributed by atoms with Crippen molar-refractivity contribution < 1.29 is 9.47 Å². The van der Waals surface area contributed by atoms with Gasteiger partial charge in [-0.05, 0) is 31.1 Å². The Morgan fingerprint density at radius 2 is 2.00 bits per heavy atom. The van der Waals surface area contributed by atoms with Crippen LogP contribution in [0.3, 0.4) is 0 Å². The van der Waals surface area contributed by atoms with Gasteiger partial charge in [-0.15, -0.1) is 0 Å². The highest BCUT2D eigenvalue weighted by molar-refractivity contribution is 4.92. The van der Waals surface area contributed by atoms with E-state index in [4.69, 9.17) is 9.47 Å². The summed E-state index contributed by atoms with van der Waals surface area (Å²) in [5, 5.41) is 0. The van der Waals surface area contributed by atoms with Crippen molar-refractivity contribution in [3.8, 4) is 0 Å². The van der Waals surface area contributed by atoms with Gasteiger partial charge in [0.2, 0.25) is 0 Å². The highest BCUT2D eigenvalue weighted by atomic mass is 16.7. The van der Waals surface area contributed by atoms with Crippen molar-refractivity contribution in [2.24, 2.45) is 23.7 Å². The Labute approximate surface area is 93.3 Å². The molecule has 15 heavy (non-hydrogen) atoms. The van der Waals surface area contributed by atoms with Crippen LogP contribution in [0.5, 0.6) is 0 Å². The van der Waals surface area contributed by atoms with Crippen molar-refractivity contribution in [3.05, 3.63) is 0 Å². The standard InChI is InChI=1S/C13H24O2/c1-5-9(2)6-11-7-14-13(4)10(3)12(11)8-15-13/h9-12H,5-8H2,1-4H3. The van der Waals surface area contributed by atoms with Crippen LogP contribution in [0.4, 0.5) is 0 Å². The quantitative estimate of drug-likeness (QED) is 0.716. The Bertz CT molecular complexity index is 229. The van der Waals surface area contributed by atoms with Crippen molar-refractivity contribution in [2.75, 3.05) is 13.2 Å². The molecule has 2 heteroatoms. The molecule has 2 bridgehead atoms. The Hall–Kier alpha value is -0.0800. The first-order chi connectivity index (χ1) is 7.07. The molecule has 2 nitrogen and oxygen atoms in total. The SMILES string of the molecule is CCC(C)CC1COC2(C)OCC1C2C. The lowest BCUT2D eigenvalue weighted by molar-refractivity contribution is -0.233. The highest BCUT2D eigenvalue weighted by Crippen LogP contribution is 2.46. The number of fused-ring (bicyclic) bond motifs is 2. The largest absolute Gasteiger partial charge is 0.350 e. The Morgan fingerprint density at radius 3 is 2.67 bits per heavy atom. The summed E-state index contributed by atoms with van der Waals surface area (Å²) in [5.41, 5.74) is 0. The van der Waals surface area contributed by atoms with Gasteiger partial charge in [0.25, 0.3) is 0 Å². The molecule has 0 N–H and O–H groups in total. The molecular weight excluding hydrogens is 188 g/mol. The van der Waals surface area contributed by atoms with Gasteiger partial charge in [0.05, 0.1) is 13.2 Å². The molecule has 2 heterocycles. The van der Waals surface area contributed by atoms with Gasteiger partial charge in [-0.1, -0.05) is 27.2 Å². The van der Waals surface area contributed by atoms with Crippen molar-refractivity contribution >= 4 is 0 Å². The monoisotopic (exact) mass is 212 g/mol. The lowest BCUT2D eigenvalue weighted by atomic mass is 9.75. The fraction of sp³-hybridized carbons (Fsp3) is 1.00. The van der Waals surface area contributed by atoms with Crippen molar-refractivity contribution in [3.63, 3.8) is 0 Å². The maximum Gasteiger partial charge on any atom is 0.168 e. The number of rotatable bonds is 3. The van der Waals surface area contributed by atoms with E-state index in [0.717, 1.165) is 25.0 Å². The summed E-state index contributed by atoms with van der Waals surface area (Å²) >= 11 is 0. The van der Waals surface area contributed by atoms with Gasteiger partial charge in [-0.25, -0.2) is 0 Å². The molecule has 0 amide bonds. The second kappa shape index (κ2) is 4.06. The lowest BCUT2D eigenvalue weighted by Crippen LogP contribution is -2.43. The Balaban J connectivity index is 1.99. The fourth-order valence-corrected chi connectivity index (χ4v) is 2.97. The van der Waals surface area contributed by atoms with Gasteiger partial charge in [-0.2, -0.15) is 0 Å². The van der Waals surface area contributed by atoms with Crippen LogP contribution >= 0.6 is 0 Å². The molecular formula is C13H24O2. The van der Waals surface area contributed by atoms with Gasteiger partial charge >= 0.3 is 0 Å². The van der Waals surface area contributed by atoms with E-state index in [0.29, 0.717) is 11.8 Å². The van der Waals surface area contributed by atoms with E-state index in [9.17, 15) is 0 Å². The predicted molar refractivity (Wildman–Crippen MR) is 60.5 cm³/mol. The van der Waals surface area contributed by atoms with E-state index in [1.54, 1.807) is 0 Å². The summed E-state index contributed by atoms with van der Waals surface area (Å²) in [6.45, 7) is 10.8. The van der Waals surface area contributed by atoms with E-state index in [1.165, 1.54) is 12.8 Å².